The van der Waals surface area contributed by atoms with Crippen LogP contribution in [-0.4, -0.2) is 66.5 Å². The summed E-state index contributed by atoms with van der Waals surface area (Å²) in [6.07, 6.45) is 2.51. The average Bonchev–Trinajstić information content (AvgIpc) is 3.50. The molecule has 1 N–H and O–H groups in total. The van der Waals surface area contributed by atoms with Crippen LogP contribution in [0.15, 0.2) is 40.8 Å². The molecule has 1 fully saturated rings. The Morgan fingerprint density at radius 2 is 1.94 bits per heavy atom. The molecule has 3 aliphatic rings. The van der Waals surface area contributed by atoms with Crippen molar-refractivity contribution in [1.82, 2.24) is 15.2 Å². The lowest BCUT2D eigenvalue weighted by molar-refractivity contribution is -0.131. The van der Waals surface area contributed by atoms with Gasteiger partial charge in [-0.15, -0.1) is 11.3 Å². The van der Waals surface area contributed by atoms with Crippen molar-refractivity contribution in [2.75, 3.05) is 42.5 Å². The van der Waals surface area contributed by atoms with E-state index in [4.69, 9.17) is 11.6 Å². The molecule has 3 aliphatic heterocycles. The molecule has 0 bridgehead atoms. The van der Waals surface area contributed by atoms with Gasteiger partial charge in [0, 0.05) is 56.3 Å². The SMILES string of the molecule is CCCN1C(=O)c2sccc2N2C(CCCC(=O)N3CCN(c4ccc(Cl)cc4)CC3)=NNC12. The summed E-state index contributed by atoms with van der Waals surface area (Å²) < 4.78 is 0. The number of thiophene rings is 1. The highest BCUT2D eigenvalue weighted by Crippen LogP contribution is 2.37. The first kappa shape index (κ1) is 23.0. The highest BCUT2D eigenvalue weighted by atomic mass is 35.5. The molecule has 1 aromatic carbocycles. The number of piperazine rings is 1. The Hall–Kier alpha value is -2.78. The molecular formula is C24H29ClN6O2S. The monoisotopic (exact) mass is 500 g/mol. The number of benzene rings is 1. The summed E-state index contributed by atoms with van der Waals surface area (Å²) in [5.74, 6) is 1.14. The first-order valence-corrected chi connectivity index (χ1v) is 13.1. The quantitative estimate of drug-likeness (QED) is 0.626. The van der Waals surface area contributed by atoms with Crippen molar-refractivity contribution in [3.05, 3.63) is 45.6 Å². The molecule has 0 radical (unpaired) electrons. The number of hydrogen-bond acceptors (Lipinski definition) is 7. The Kier molecular flexibility index (Phi) is 6.65. The number of rotatable bonds is 7. The second-order valence-corrected chi connectivity index (χ2v) is 10.1. The zero-order valence-corrected chi connectivity index (χ0v) is 20.8. The number of carbonyl (C=O) groups is 2. The molecule has 1 atom stereocenters. The van der Waals surface area contributed by atoms with Gasteiger partial charge in [0.05, 0.1) is 5.69 Å². The molecule has 1 unspecified atom stereocenters. The van der Waals surface area contributed by atoms with Crippen LogP contribution in [0.1, 0.15) is 42.3 Å². The largest absolute Gasteiger partial charge is 0.368 e. The number of hydrogen-bond donors (Lipinski definition) is 1. The van der Waals surface area contributed by atoms with Gasteiger partial charge < -0.3 is 9.80 Å². The van der Waals surface area contributed by atoms with Crippen molar-refractivity contribution in [3.8, 4) is 0 Å². The maximum absolute atomic E-state index is 12.9. The molecule has 0 spiro atoms. The van der Waals surface area contributed by atoms with E-state index < -0.39 is 0 Å². The van der Waals surface area contributed by atoms with Crippen LogP contribution in [0.2, 0.25) is 5.02 Å². The van der Waals surface area contributed by atoms with E-state index in [9.17, 15) is 9.59 Å². The number of nitrogens with zero attached hydrogens (tertiary/aromatic N) is 5. The summed E-state index contributed by atoms with van der Waals surface area (Å²) in [6, 6.07) is 9.84. The Morgan fingerprint density at radius 1 is 1.18 bits per heavy atom. The van der Waals surface area contributed by atoms with Gasteiger partial charge in [-0.25, -0.2) is 0 Å². The molecule has 180 valence electrons. The molecular weight excluding hydrogens is 472 g/mol. The summed E-state index contributed by atoms with van der Waals surface area (Å²) >= 11 is 7.47. The van der Waals surface area contributed by atoms with Gasteiger partial charge in [0.2, 0.25) is 12.2 Å². The minimum atomic E-state index is -0.277. The lowest BCUT2D eigenvalue weighted by atomic mass is 10.1. The number of amidine groups is 1. The van der Waals surface area contributed by atoms with Crippen LogP contribution < -0.4 is 15.2 Å². The van der Waals surface area contributed by atoms with Crippen molar-refractivity contribution >= 4 is 52.0 Å². The Labute approximate surface area is 208 Å². The van der Waals surface area contributed by atoms with E-state index in [0.717, 1.165) is 66.1 Å². The second-order valence-electron chi connectivity index (χ2n) is 8.73. The lowest BCUT2D eigenvalue weighted by Gasteiger charge is -2.39. The number of anilines is 2. The van der Waals surface area contributed by atoms with Crippen molar-refractivity contribution in [2.45, 2.75) is 38.9 Å². The van der Waals surface area contributed by atoms with E-state index in [1.807, 2.05) is 45.5 Å². The first-order chi connectivity index (χ1) is 16.6. The Bertz CT molecular complexity index is 1080. The summed E-state index contributed by atoms with van der Waals surface area (Å²) in [7, 11) is 0. The van der Waals surface area contributed by atoms with Crippen LogP contribution >= 0.6 is 22.9 Å². The number of halogens is 1. The number of carbonyl (C=O) groups excluding carboxylic acids is 2. The van der Waals surface area contributed by atoms with Gasteiger partial charge in [0.25, 0.3) is 5.91 Å². The molecule has 1 saturated heterocycles. The lowest BCUT2D eigenvalue weighted by Crippen LogP contribution is -2.58. The van der Waals surface area contributed by atoms with Gasteiger partial charge in [-0.2, -0.15) is 5.10 Å². The molecule has 2 amide bonds. The van der Waals surface area contributed by atoms with Crippen LogP contribution in [0.25, 0.3) is 0 Å². The average molecular weight is 501 g/mol. The third kappa shape index (κ3) is 4.34. The fraction of sp³-hybridized carbons (Fsp3) is 0.458. The topological polar surface area (TPSA) is 71.5 Å². The zero-order chi connectivity index (χ0) is 23.7. The smallest absolute Gasteiger partial charge is 0.269 e. The number of hydrazone groups is 1. The third-order valence-electron chi connectivity index (χ3n) is 6.57. The summed E-state index contributed by atoms with van der Waals surface area (Å²) in [5.41, 5.74) is 5.20. The number of nitrogens with one attached hydrogen (secondary N) is 1. The number of fused-ring (bicyclic) bond motifs is 3. The van der Waals surface area contributed by atoms with Crippen molar-refractivity contribution in [1.29, 1.82) is 0 Å². The molecule has 2 aromatic rings. The maximum Gasteiger partial charge on any atom is 0.269 e. The van der Waals surface area contributed by atoms with Crippen molar-refractivity contribution in [2.24, 2.45) is 5.10 Å². The van der Waals surface area contributed by atoms with Gasteiger partial charge in [-0.1, -0.05) is 18.5 Å². The van der Waals surface area contributed by atoms with Crippen LogP contribution in [-0.2, 0) is 4.79 Å². The molecule has 8 nitrogen and oxygen atoms in total. The predicted octanol–water partition coefficient (Wildman–Crippen LogP) is 3.79. The molecule has 1 aromatic heterocycles. The standard InChI is InChI=1S/C24H29ClN6O2S/c1-2-11-30-23(33)22-19(10-16-34-22)31-20(26-27-24(30)31)4-3-5-21(32)29-14-12-28(13-15-29)18-8-6-17(25)7-9-18/h6-10,16,24,27H,2-5,11-15H2,1H3. The van der Waals surface area contributed by atoms with Crippen LogP contribution in [0.3, 0.4) is 0 Å². The van der Waals surface area contributed by atoms with Gasteiger partial charge >= 0.3 is 0 Å². The summed E-state index contributed by atoms with van der Waals surface area (Å²) in [4.78, 5) is 34.7. The number of amides is 2. The van der Waals surface area contributed by atoms with E-state index in [1.54, 1.807) is 0 Å². The zero-order valence-electron chi connectivity index (χ0n) is 19.2. The Balaban J connectivity index is 1.14. The summed E-state index contributed by atoms with van der Waals surface area (Å²) in [6.45, 7) is 5.84. The molecule has 4 heterocycles. The van der Waals surface area contributed by atoms with E-state index in [2.05, 4.69) is 27.3 Å². The molecule has 10 heteroatoms. The van der Waals surface area contributed by atoms with E-state index in [0.29, 0.717) is 19.4 Å². The normalized spacial score (nSPS) is 19.6. The van der Waals surface area contributed by atoms with Crippen molar-refractivity contribution in [3.63, 3.8) is 0 Å². The van der Waals surface area contributed by atoms with Gasteiger partial charge in [0.1, 0.15) is 10.7 Å². The fourth-order valence-electron chi connectivity index (χ4n) is 4.82. The van der Waals surface area contributed by atoms with E-state index >= 15 is 0 Å². The van der Waals surface area contributed by atoms with Crippen LogP contribution in [0.5, 0.6) is 0 Å². The predicted molar refractivity (Wildman–Crippen MR) is 137 cm³/mol. The van der Waals surface area contributed by atoms with Crippen LogP contribution in [0.4, 0.5) is 11.4 Å². The minimum Gasteiger partial charge on any atom is -0.368 e. The van der Waals surface area contributed by atoms with E-state index in [1.165, 1.54) is 11.3 Å². The first-order valence-electron chi connectivity index (χ1n) is 11.8. The van der Waals surface area contributed by atoms with Gasteiger partial charge in [0.15, 0.2) is 0 Å². The fourth-order valence-corrected chi connectivity index (χ4v) is 5.79. The molecule has 34 heavy (non-hydrogen) atoms. The third-order valence-corrected chi connectivity index (χ3v) is 7.71. The maximum atomic E-state index is 12.9. The van der Waals surface area contributed by atoms with Crippen LogP contribution in [0, 0.1) is 0 Å². The summed E-state index contributed by atoms with van der Waals surface area (Å²) in [5, 5.41) is 7.24. The molecule has 5 rings (SSSR count). The molecule has 0 saturated carbocycles. The van der Waals surface area contributed by atoms with Gasteiger partial charge in [-0.3, -0.25) is 24.8 Å². The molecule has 0 aliphatic carbocycles. The highest BCUT2D eigenvalue weighted by molar-refractivity contribution is 7.12. The van der Waals surface area contributed by atoms with Gasteiger partial charge in [-0.05, 0) is 48.6 Å². The van der Waals surface area contributed by atoms with E-state index in [-0.39, 0.29) is 18.1 Å². The van der Waals surface area contributed by atoms with Crippen molar-refractivity contribution < 1.29 is 9.59 Å². The second kappa shape index (κ2) is 9.84. The minimum absolute atomic E-state index is 0.0602. The highest BCUT2D eigenvalue weighted by Gasteiger charge is 2.43. The Morgan fingerprint density at radius 3 is 2.68 bits per heavy atom.